The van der Waals surface area contributed by atoms with Crippen LogP contribution in [0, 0.1) is 20.2 Å². The third-order valence-corrected chi connectivity index (χ3v) is 3.65. The first-order chi connectivity index (χ1) is 10.3. The first-order valence-electron chi connectivity index (χ1n) is 6.05. The Balaban J connectivity index is 2.57. The second-order valence-corrected chi connectivity index (χ2v) is 5.31. The number of hydrogen-bond acceptors (Lipinski definition) is 8. The van der Waals surface area contributed by atoms with Gasteiger partial charge in [-0.3, -0.25) is 25.0 Å². The number of benzene rings is 1. The van der Waals surface area contributed by atoms with Crippen LogP contribution in [0.2, 0.25) is 0 Å². The minimum absolute atomic E-state index is 0.165. The number of nitro groups is 2. The van der Waals surface area contributed by atoms with E-state index in [4.69, 9.17) is 10.8 Å². The average molecular weight is 330 g/mol. The molecule has 0 bridgehead atoms. The zero-order valence-electron chi connectivity index (χ0n) is 11.3. The highest BCUT2D eigenvalue weighted by atomic mass is 32.2. The number of non-ortho nitro benzene ring substituents is 1. The van der Waals surface area contributed by atoms with Gasteiger partial charge in [0.15, 0.2) is 0 Å². The molecule has 0 heterocycles. The van der Waals surface area contributed by atoms with E-state index in [9.17, 15) is 25.0 Å². The lowest BCUT2D eigenvalue weighted by atomic mass is 10.2. The number of rotatable bonds is 9. The lowest BCUT2D eigenvalue weighted by Crippen LogP contribution is -2.32. The van der Waals surface area contributed by atoms with Gasteiger partial charge in [-0.15, -0.1) is 0 Å². The van der Waals surface area contributed by atoms with Gasteiger partial charge in [-0.2, -0.15) is 11.8 Å². The molecule has 11 heteroatoms. The molecule has 0 aliphatic rings. The molecule has 0 spiro atoms. The van der Waals surface area contributed by atoms with Crippen molar-refractivity contribution in [1.29, 1.82) is 0 Å². The average Bonchev–Trinajstić information content (AvgIpc) is 2.46. The van der Waals surface area contributed by atoms with Crippen molar-refractivity contribution in [1.82, 2.24) is 0 Å². The summed E-state index contributed by atoms with van der Waals surface area (Å²) in [5.74, 6) is -0.388. The summed E-state index contributed by atoms with van der Waals surface area (Å²) in [6.07, 6.45) is 0. The van der Waals surface area contributed by atoms with Gasteiger partial charge in [0.05, 0.1) is 15.9 Å². The number of nitro benzene ring substituents is 2. The molecular formula is C11H14N4O6S. The van der Waals surface area contributed by atoms with E-state index in [-0.39, 0.29) is 22.8 Å². The Hall–Kier alpha value is -2.40. The van der Waals surface area contributed by atoms with E-state index in [1.54, 1.807) is 0 Å². The zero-order valence-corrected chi connectivity index (χ0v) is 12.1. The van der Waals surface area contributed by atoms with E-state index in [0.717, 1.165) is 6.07 Å². The Bertz CT molecular complexity index is 582. The molecule has 0 fully saturated rings. The number of carboxylic acid groups (broad SMARTS) is 1. The van der Waals surface area contributed by atoms with Gasteiger partial charge in [-0.05, 0) is 6.07 Å². The van der Waals surface area contributed by atoms with Crippen molar-refractivity contribution in [3.05, 3.63) is 38.4 Å². The number of nitrogens with zero attached hydrogens (tertiary/aromatic N) is 2. The molecule has 10 nitrogen and oxygen atoms in total. The van der Waals surface area contributed by atoms with Crippen LogP contribution in [0.1, 0.15) is 0 Å². The topological polar surface area (TPSA) is 162 Å². The van der Waals surface area contributed by atoms with E-state index >= 15 is 0 Å². The van der Waals surface area contributed by atoms with Gasteiger partial charge in [-0.1, -0.05) is 0 Å². The summed E-state index contributed by atoms with van der Waals surface area (Å²) in [5, 5.41) is 32.9. The van der Waals surface area contributed by atoms with E-state index in [1.807, 2.05) is 0 Å². The predicted molar refractivity (Wildman–Crippen MR) is 81.2 cm³/mol. The Morgan fingerprint density at radius 2 is 2.05 bits per heavy atom. The van der Waals surface area contributed by atoms with E-state index in [1.165, 1.54) is 23.9 Å². The van der Waals surface area contributed by atoms with Gasteiger partial charge < -0.3 is 16.2 Å². The smallest absolute Gasteiger partial charge is 0.321 e. The molecular weight excluding hydrogens is 316 g/mol. The van der Waals surface area contributed by atoms with Crippen molar-refractivity contribution >= 4 is 34.8 Å². The molecule has 0 amide bonds. The molecule has 0 unspecified atom stereocenters. The van der Waals surface area contributed by atoms with Gasteiger partial charge in [0.25, 0.3) is 11.4 Å². The van der Waals surface area contributed by atoms with Crippen molar-refractivity contribution in [2.45, 2.75) is 6.04 Å². The Kier molecular flexibility index (Phi) is 6.53. The first kappa shape index (κ1) is 17.7. The first-order valence-corrected chi connectivity index (χ1v) is 7.21. The Morgan fingerprint density at radius 1 is 1.36 bits per heavy atom. The minimum atomic E-state index is -1.09. The van der Waals surface area contributed by atoms with Crippen LogP contribution in [0.15, 0.2) is 18.2 Å². The number of aliphatic carboxylic acids is 1. The maximum Gasteiger partial charge on any atom is 0.321 e. The summed E-state index contributed by atoms with van der Waals surface area (Å²) < 4.78 is 0. The largest absolute Gasteiger partial charge is 0.480 e. The summed E-state index contributed by atoms with van der Waals surface area (Å²) in [7, 11) is 0. The highest BCUT2D eigenvalue weighted by Gasteiger charge is 2.19. The van der Waals surface area contributed by atoms with Crippen molar-refractivity contribution in [2.75, 3.05) is 23.4 Å². The lowest BCUT2D eigenvalue weighted by molar-refractivity contribution is -0.393. The molecule has 0 aromatic heterocycles. The summed E-state index contributed by atoms with van der Waals surface area (Å²) >= 11 is 1.28. The van der Waals surface area contributed by atoms with Crippen molar-refractivity contribution < 1.29 is 19.7 Å². The van der Waals surface area contributed by atoms with Gasteiger partial charge >= 0.3 is 5.97 Å². The normalized spacial score (nSPS) is 11.7. The molecule has 120 valence electrons. The number of thioether (sulfide) groups is 1. The maximum absolute atomic E-state index is 10.9. The molecule has 0 radical (unpaired) electrons. The summed E-state index contributed by atoms with van der Waals surface area (Å²) in [6.45, 7) is 0.329. The molecule has 22 heavy (non-hydrogen) atoms. The molecule has 0 saturated heterocycles. The van der Waals surface area contributed by atoms with Crippen LogP contribution in [0.25, 0.3) is 0 Å². The molecule has 0 aliphatic heterocycles. The fourth-order valence-corrected chi connectivity index (χ4v) is 2.28. The Morgan fingerprint density at radius 3 is 2.59 bits per heavy atom. The van der Waals surface area contributed by atoms with Crippen LogP contribution < -0.4 is 11.1 Å². The fourth-order valence-electron chi connectivity index (χ4n) is 1.47. The van der Waals surface area contributed by atoms with E-state index < -0.39 is 21.9 Å². The quantitative estimate of drug-likeness (QED) is 0.341. The lowest BCUT2D eigenvalue weighted by Gasteiger charge is -2.08. The molecule has 0 aliphatic carbocycles. The number of anilines is 1. The van der Waals surface area contributed by atoms with Gasteiger partial charge in [0.2, 0.25) is 0 Å². The van der Waals surface area contributed by atoms with Gasteiger partial charge in [0.1, 0.15) is 11.7 Å². The van der Waals surface area contributed by atoms with Crippen LogP contribution in [0.3, 0.4) is 0 Å². The van der Waals surface area contributed by atoms with Crippen LogP contribution in [0.5, 0.6) is 0 Å². The maximum atomic E-state index is 10.9. The molecule has 1 rings (SSSR count). The predicted octanol–water partition coefficient (Wildman–Crippen LogP) is 1.06. The van der Waals surface area contributed by atoms with Crippen LogP contribution in [-0.4, -0.2) is 45.0 Å². The summed E-state index contributed by atoms with van der Waals surface area (Å²) in [4.78, 5) is 30.6. The number of carbonyl (C=O) groups is 1. The van der Waals surface area contributed by atoms with Crippen LogP contribution in [0.4, 0.5) is 17.1 Å². The second-order valence-electron chi connectivity index (χ2n) is 4.16. The van der Waals surface area contributed by atoms with Crippen LogP contribution in [-0.2, 0) is 4.79 Å². The fraction of sp³-hybridized carbons (Fsp3) is 0.364. The van der Waals surface area contributed by atoms with E-state index in [0.29, 0.717) is 12.3 Å². The molecule has 1 atom stereocenters. The Labute approximate surface area is 129 Å². The zero-order chi connectivity index (χ0) is 16.7. The molecule has 4 N–H and O–H groups in total. The molecule has 1 aromatic rings. The second kappa shape index (κ2) is 8.14. The molecule has 0 saturated carbocycles. The highest BCUT2D eigenvalue weighted by Crippen LogP contribution is 2.28. The highest BCUT2D eigenvalue weighted by molar-refractivity contribution is 7.99. The number of nitrogens with one attached hydrogen (secondary N) is 1. The number of nitrogens with two attached hydrogens (primary N) is 1. The minimum Gasteiger partial charge on any atom is -0.480 e. The van der Waals surface area contributed by atoms with Crippen molar-refractivity contribution in [3.8, 4) is 0 Å². The third-order valence-electron chi connectivity index (χ3n) is 2.57. The monoisotopic (exact) mass is 330 g/mol. The number of hydrogen-bond donors (Lipinski definition) is 3. The SMILES string of the molecule is N[C@H](CSCCNc1ccc([N+](=O)[O-])cc1[N+](=O)[O-])C(=O)O. The van der Waals surface area contributed by atoms with Gasteiger partial charge in [0, 0.05) is 24.1 Å². The van der Waals surface area contributed by atoms with Crippen molar-refractivity contribution in [2.24, 2.45) is 5.73 Å². The number of carboxylic acids is 1. The van der Waals surface area contributed by atoms with E-state index in [2.05, 4.69) is 5.32 Å². The van der Waals surface area contributed by atoms with Crippen molar-refractivity contribution in [3.63, 3.8) is 0 Å². The summed E-state index contributed by atoms with van der Waals surface area (Å²) in [5.41, 5.74) is 4.74. The standard InChI is InChI=1S/C11H14N4O6S/c12-8(11(16)17)6-22-4-3-13-9-2-1-7(14(18)19)5-10(9)15(20)21/h1-2,5,8,13H,3-4,6,12H2,(H,16,17)/t8-/m1/s1. The van der Waals surface area contributed by atoms with Gasteiger partial charge in [-0.25, -0.2) is 0 Å². The third kappa shape index (κ3) is 5.18. The summed E-state index contributed by atoms with van der Waals surface area (Å²) in [6, 6.07) is 2.36. The molecule has 1 aromatic carbocycles. The van der Waals surface area contributed by atoms with Crippen LogP contribution >= 0.6 is 11.8 Å².